The molecule has 102 valence electrons. The van der Waals surface area contributed by atoms with Crippen LogP contribution in [0.4, 0.5) is 5.69 Å². The quantitative estimate of drug-likeness (QED) is 0.885. The average molecular weight is 260 g/mol. The fourth-order valence-electron chi connectivity index (χ4n) is 2.70. The largest absolute Gasteiger partial charge is 0.487 e. The second-order valence-corrected chi connectivity index (χ2v) is 5.51. The number of amides is 1. The van der Waals surface area contributed by atoms with Crippen LogP contribution in [0.15, 0.2) is 18.2 Å². The summed E-state index contributed by atoms with van der Waals surface area (Å²) in [5.74, 6) is 1.25. The number of fused-ring (bicyclic) bond motifs is 1. The number of hydrogen-bond donors (Lipinski definition) is 1. The molecule has 1 saturated carbocycles. The maximum absolute atomic E-state index is 12.5. The summed E-state index contributed by atoms with van der Waals surface area (Å²) in [6.07, 6.45) is 3.26. The van der Waals surface area contributed by atoms with E-state index in [2.05, 4.69) is 0 Å². The van der Waals surface area contributed by atoms with Gasteiger partial charge in [0, 0.05) is 12.5 Å². The third kappa shape index (κ3) is 2.21. The van der Waals surface area contributed by atoms with Crippen molar-refractivity contribution in [3.63, 3.8) is 0 Å². The van der Waals surface area contributed by atoms with Gasteiger partial charge in [0.2, 0.25) is 5.91 Å². The summed E-state index contributed by atoms with van der Waals surface area (Å²) in [6.45, 7) is 3.13. The first-order chi connectivity index (χ1) is 9.19. The van der Waals surface area contributed by atoms with E-state index < -0.39 is 0 Å². The standard InChI is InChI=1S/C15H20N2O2/c1-10-9-17(15(18)12-3-2-4-12)13-6-5-11(8-16)7-14(13)19-10/h5-7,10,12H,2-4,8-9,16H2,1H3. The Balaban J connectivity index is 1.92. The zero-order chi connectivity index (χ0) is 13.4. The molecule has 1 unspecified atom stereocenters. The predicted molar refractivity (Wildman–Crippen MR) is 74.1 cm³/mol. The van der Waals surface area contributed by atoms with Crippen LogP contribution in [-0.4, -0.2) is 18.6 Å². The smallest absolute Gasteiger partial charge is 0.230 e. The highest BCUT2D eigenvalue weighted by molar-refractivity contribution is 5.97. The maximum Gasteiger partial charge on any atom is 0.230 e. The van der Waals surface area contributed by atoms with Crippen molar-refractivity contribution in [3.05, 3.63) is 23.8 Å². The van der Waals surface area contributed by atoms with Gasteiger partial charge in [0.15, 0.2) is 0 Å². The van der Waals surface area contributed by atoms with Crippen molar-refractivity contribution in [2.24, 2.45) is 11.7 Å². The molecule has 0 spiro atoms. The van der Waals surface area contributed by atoms with Crippen LogP contribution < -0.4 is 15.4 Å². The first-order valence-corrected chi connectivity index (χ1v) is 7.00. The van der Waals surface area contributed by atoms with E-state index in [1.54, 1.807) is 0 Å². The molecule has 1 fully saturated rings. The summed E-state index contributed by atoms with van der Waals surface area (Å²) < 4.78 is 5.84. The average Bonchev–Trinajstić information content (AvgIpc) is 2.34. The van der Waals surface area contributed by atoms with Crippen molar-refractivity contribution in [2.45, 2.75) is 38.8 Å². The van der Waals surface area contributed by atoms with Crippen molar-refractivity contribution in [1.82, 2.24) is 0 Å². The molecular formula is C15H20N2O2. The van der Waals surface area contributed by atoms with E-state index in [-0.39, 0.29) is 17.9 Å². The Morgan fingerprint density at radius 2 is 2.26 bits per heavy atom. The summed E-state index contributed by atoms with van der Waals surface area (Å²) in [7, 11) is 0. The minimum atomic E-state index is 0.0320. The van der Waals surface area contributed by atoms with E-state index in [1.165, 1.54) is 6.42 Å². The van der Waals surface area contributed by atoms with Crippen LogP contribution in [0.1, 0.15) is 31.7 Å². The Hall–Kier alpha value is -1.55. The summed E-state index contributed by atoms with van der Waals surface area (Å²) >= 11 is 0. The molecule has 19 heavy (non-hydrogen) atoms. The fraction of sp³-hybridized carbons (Fsp3) is 0.533. The number of benzene rings is 1. The van der Waals surface area contributed by atoms with E-state index in [4.69, 9.17) is 10.5 Å². The van der Waals surface area contributed by atoms with Gasteiger partial charge in [-0.3, -0.25) is 4.79 Å². The SMILES string of the molecule is CC1CN(C(=O)C2CCC2)c2ccc(CN)cc2O1. The Morgan fingerprint density at radius 1 is 1.47 bits per heavy atom. The normalized spacial score (nSPS) is 22.4. The first-order valence-electron chi connectivity index (χ1n) is 7.00. The van der Waals surface area contributed by atoms with Crippen LogP contribution in [-0.2, 0) is 11.3 Å². The van der Waals surface area contributed by atoms with Crippen molar-refractivity contribution >= 4 is 11.6 Å². The van der Waals surface area contributed by atoms with Crippen LogP contribution >= 0.6 is 0 Å². The van der Waals surface area contributed by atoms with Gasteiger partial charge in [-0.05, 0) is 37.5 Å². The van der Waals surface area contributed by atoms with Crippen molar-refractivity contribution in [3.8, 4) is 5.75 Å². The number of carbonyl (C=O) groups is 1. The number of carbonyl (C=O) groups excluding carboxylic acids is 1. The lowest BCUT2D eigenvalue weighted by Crippen LogP contribution is -2.46. The summed E-state index contributed by atoms with van der Waals surface area (Å²) in [4.78, 5) is 14.4. The third-order valence-electron chi connectivity index (χ3n) is 4.04. The molecule has 3 rings (SSSR count). The Labute approximate surface area is 113 Å². The first kappa shape index (κ1) is 12.5. The van der Waals surface area contributed by atoms with Gasteiger partial charge in [0.05, 0.1) is 12.2 Å². The molecule has 1 aliphatic heterocycles. The monoisotopic (exact) mass is 260 g/mol. The molecule has 2 aliphatic rings. The van der Waals surface area contributed by atoms with E-state index >= 15 is 0 Å². The van der Waals surface area contributed by atoms with Crippen molar-refractivity contribution < 1.29 is 9.53 Å². The van der Waals surface area contributed by atoms with E-state index in [0.29, 0.717) is 13.1 Å². The highest BCUT2D eigenvalue weighted by atomic mass is 16.5. The maximum atomic E-state index is 12.5. The lowest BCUT2D eigenvalue weighted by Gasteiger charge is -2.37. The molecule has 0 radical (unpaired) electrons. The number of hydrogen-bond acceptors (Lipinski definition) is 3. The minimum absolute atomic E-state index is 0.0320. The van der Waals surface area contributed by atoms with E-state index in [9.17, 15) is 4.79 Å². The van der Waals surface area contributed by atoms with E-state index in [0.717, 1.165) is 29.8 Å². The molecular weight excluding hydrogens is 240 g/mol. The van der Waals surface area contributed by atoms with Crippen molar-refractivity contribution in [1.29, 1.82) is 0 Å². The lowest BCUT2D eigenvalue weighted by molar-refractivity contribution is -0.125. The van der Waals surface area contributed by atoms with Crippen LogP contribution in [0.5, 0.6) is 5.75 Å². The molecule has 0 aromatic heterocycles. The number of anilines is 1. The molecule has 1 aromatic carbocycles. The summed E-state index contributed by atoms with van der Waals surface area (Å²) in [6, 6.07) is 5.88. The predicted octanol–water partition coefficient (Wildman–Crippen LogP) is 2.06. The second-order valence-electron chi connectivity index (χ2n) is 5.51. The molecule has 1 amide bonds. The molecule has 1 atom stereocenters. The van der Waals surface area contributed by atoms with Crippen molar-refractivity contribution in [2.75, 3.05) is 11.4 Å². The minimum Gasteiger partial charge on any atom is -0.487 e. The third-order valence-corrected chi connectivity index (χ3v) is 4.04. The number of ether oxygens (including phenoxy) is 1. The van der Waals surface area contributed by atoms with Crippen LogP contribution in [0.3, 0.4) is 0 Å². The molecule has 1 heterocycles. The Kier molecular flexibility index (Phi) is 3.19. The number of rotatable bonds is 2. The van der Waals surface area contributed by atoms with Crippen LogP contribution in [0.2, 0.25) is 0 Å². The van der Waals surface area contributed by atoms with Crippen LogP contribution in [0, 0.1) is 5.92 Å². The molecule has 4 heteroatoms. The Bertz CT molecular complexity index is 497. The highest BCUT2D eigenvalue weighted by Crippen LogP contribution is 2.37. The van der Waals surface area contributed by atoms with Gasteiger partial charge >= 0.3 is 0 Å². The molecule has 2 N–H and O–H groups in total. The number of nitrogens with two attached hydrogens (primary N) is 1. The summed E-state index contributed by atoms with van der Waals surface area (Å²) in [5.41, 5.74) is 7.58. The lowest BCUT2D eigenvalue weighted by atomic mass is 9.84. The zero-order valence-corrected chi connectivity index (χ0v) is 11.3. The number of nitrogens with zero attached hydrogens (tertiary/aromatic N) is 1. The zero-order valence-electron chi connectivity index (χ0n) is 11.3. The van der Waals surface area contributed by atoms with Gasteiger partial charge in [-0.2, -0.15) is 0 Å². The van der Waals surface area contributed by atoms with Gasteiger partial charge in [-0.25, -0.2) is 0 Å². The van der Waals surface area contributed by atoms with Gasteiger partial charge in [-0.1, -0.05) is 12.5 Å². The van der Waals surface area contributed by atoms with Gasteiger partial charge in [0.1, 0.15) is 11.9 Å². The Morgan fingerprint density at radius 3 is 2.89 bits per heavy atom. The highest BCUT2D eigenvalue weighted by Gasteiger charge is 2.34. The second kappa shape index (κ2) is 4.85. The molecule has 4 nitrogen and oxygen atoms in total. The van der Waals surface area contributed by atoms with Gasteiger partial charge in [0.25, 0.3) is 0 Å². The fourth-order valence-corrected chi connectivity index (χ4v) is 2.70. The molecule has 1 aliphatic carbocycles. The molecule has 1 aromatic rings. The van der Waals surface area contributed by atoms with E-state index in [1.807, 2.05) is 30.0 Å². The molecule has 0 saturated heterocycles. The van der Waals surface area contributed by atoms with Gasteiger partial charge < -0.3 is 15.4 Å². The summed E-state index contributed by atoms with van der Waals surface area (Å²) in [5, 5.41) is 0. The van der Waals surface area contributed by atoms with Crippen LogP contribution in [0.25, 0.3) is 0 Å². The van der Waals surface area contributed by atoms with Gasteiger partial charge in [-0.15, -0.1) is 0 Å². The molecule has 0 bridgehead atoms. The topological polar surface area (TPSA) is 55.6 Å².